The zero-order valence-corrected chi connectivity index (χ0v) is 11.3. The van der Waals surface area contributed by atoms with E-state index in [2.05, 4.69) is 15.9 Å². The summed E-state index contributed by atoms with van der Waals surface area (Å²) in [4.78, 5) is 25.4. The van der Waals surface area contributed by atoms with E-state index in [4.69, 9.17) is 0 Å². The van der Waals surface area contributed by atoms with Crippen LogP contribution in [-0.4, -0.2) is 23.8 Å². The lowest BCUT2D eigenvalue weighted by molar-refractivity contribution is 0.0651. The molecule has 2 aromatic rings. The molecule has 2 aromatic carbocycles. The third-order valence-corrected chi connectivity index (χ3v) is 3.95. The molecule has 0 unspecified atom stereocenters. The van der Waals surface area contributed by atoms with Crippen LogP contribution in [0.25, 0.3) is 10.8 Å². The number of nitrogens with zero attached hydrogens (tertiary/aromatic N) is 1. The number of rotatable bonds is 1. The van der Waals surface area contributed by atoms with Gasteiger partial charge in [0.2, 0.25) is 0 Å². The van der Waals surface area contributed by atoms with Crippen molar-refractivity contribution in [1.29, 1.82) is 0 Å². The maximum absolute atomic E-state index is 12.1. The molecule has 1 aliphatic rings. The van der Waals surface area contributed by atoms with E-state index in [1.54, 1.807) is 12.1 Å². The van der Waals surface area contributed by atoms with E-state index in [9.17, 15) is 9.59 Å². The topological polar surface area (TPSA) is 37.4 Å². The number of benzene rings is 2. The van der Waals surface area contributed by atoms with Crippen LogP contribution < -0.4 is 0 Å². The molecule has 0 aromatic heterocycles. The Morgan fingerprint density at radius 3 is 2.39 bits per heavy atom. The van der Waals surface area contributed by atoms with E-state index < -0.39 is 0 Å². The van der Waals surface area contributed by atoms with Gasteiger partial charge in [0, 0.05) is 28.9 Å². The highest BCUT2D eigenvalue weighted by atomic mass is 79.9. The lowest BCUT2D eigenvalue weighted by Gasteiger charge is -2.24. The van der Waals surface area contributed by atoms with Gasteiger partial charge in [0.1, 0.15) is 0 Å². The molecule has 0 saturated heterocycles. The van der Waals surface area contributed by atoms with Gasteiger partial charge in [-0.05, 0) is 23.1 Å². The van der Waals surface area contributed by atoms with Crippen molar-refractivity contribution in [3.8, 4) is 0 Å². The lowest BCUT2D eigenvalue weighted by Crippen LogP contribution is -2.36. The molecular weight excluding hydrogens is 294 g/mol. The second kappa shape index (κ2) is 3.92. The van der Waals surface area contributed by atoms with E-state index in [0.29, 0.717) is 16.5 Å². The third kappa shape index (κ3) is 1.35. The van der Waals surface area contributed by atoms with E-state index >= 15 is 0 Å². The van der Waals surface area contributed by atoms with E-state index in [1.807, 2.05) is 18.2 Å². The molecule has 0 bridgehead atoms. The summed E-state index contributed by atoms with van der Waals surface area (Å²) in [5.74, 6) is -0.463. The van der Waals surface area contributed by atoms with Gasteiger partial charge in [-0.2, -0.15) is 0 Å². The molecule has 1 aliphatic heterocycles. The maximum atomic E-state index is 12.1. The fraction of sp³-hybridized carbons (Fsp3) is 0.143. The van der Waals surface area contributed by atoms with Crippen LogP contribution in [0.15, 0.2) is 30.3 Å². The molecule has 3 nitrogen and oxygen atoms in total. The Morgan fingerprint density at radius 1 is 1.06 bits per heavy atom. The normalized spacial score (nSPS) is 14.4. The van der Waals surface area contributed by atoms with E-state index in [0.717, 1.165) is 16.3 Å². The quantitative estimate of drug-likeness (QED) is 0.600. The van der Waals surface area contributed by atoms with Gasteiger partial charge in [0.05, 0.1) is 0 Å². The molecule has 0 fully saturated rings. The average molecular weight is 304 g/mol. The molecule has 0 N–H and O–H groups in total. The number of hydrogen-bond acceptors (Lipinski definition) is 2. The van der Waals surface area contributed by atoms with Gasteiger partial charge >= 0.3 is 0 Å². The van der Waals surface area contributed by atoms with Gasteiger partial charge in [0.15, 0.2) is 0 Å². The molecule has 90 valence electrons. The number of carbonyl (C=O) groups is 2. The number of amides is 2. The number of alkyl halides is 1. The Balaban J connectivity index is 2.49. The van der Waals surface area contributed by atoms with Crippen molar-refractivity contribution in [2.45, 2.75) is 5.33 Å². The summed E-state index contributed by atoms with van der Waals surface area (Å²) >= 11 is 3.43. The number of imide groups is 1. The van der Waals surface area contributed by atoms with Crippen LogP contribution in [0.5, 0.6) is 0 Å². The summed E-state index contributed by atoms with van der Waals surface area (Å²) < 4.78 is 0. The molecule has 0 aliphatic carbocycles. The number of halogens is 1. The van der Waals surface area contributed by atoms with Gasteiger partial charge < -0.3 is 0 Å². The molecule has 0 spiro atoms. The standard InChI is InChI=1S/C14H10BrNO2/c1-16-13(17)10-4-2-3-9-8(7-15)5-6-11(12(9)10)14(16)18/h2-6H,7H2,1H3. The Kier molecular flexibility index (Phi) is 2.48. The molecule has 18 heavy (non-hydrogen) atoms. The van der Waals surface area contributed by atoms with Crippen molar-refractivity contribution < 1.29 is 9.59 Å². The Labute approximate surface area is 113 Å². The molecular formula is C14H10BrNO2. The van der Waals surface area contributed by atoms with Crippen LogP contribution in [0, 0.1) is 0 Å². The molecule has 4 heteroatoms. The van der Waals surface area contributed by atoms with Crippen LogP contribution in [-0.2, 0) is 5.33 Å². The molecule has 2 amide bonds. The fourth-order valence-electron chi connectivity index (χ4n) is 2.39. The summed E-state index contributed by atoms with van der Waals surface area (Å²) in [6, 6.07) is 9.31. The average Bonchev–Trinajstić information content (AvgIpc) is 2.41. The van der Waals surface area contributed by atoms with Crippen molar-refractivity contribution in [2.75, 3.05) is 7.05 Å². The highest BCUT2D eigenvalue weighted by Gasteiger charge is 2.30. The second-order valence-corrected chi connectivity index (χ2v) is 4.86. The maximum Gasteiger partial charge on any atom is 0.261 e. The Bertz CT molecular complexity index is 671. The summed E-state index contributed by atoms with van der Waals surface area (Å²) in [5.41, 5.74) is 2.29. The summed E-state index contributed by atoms with van der Waals surface area (Å²) in [6.07, 6.45) is 0. The third-order valence-electron chi connectivity index (χ3n) is 3.34. The van der Waals surface area contributed by atoms with Gasteiger partial charge in [-0.3, -0.25) is 14.5 Å². The highest BCUT2D eigenvalue weighted by Crippen LogP contribution is 2.32. The zero-order valence-electron chi connectivity index (χ0n) is 9.74. The minimum atomic E-state index is -0.232. The van der Waals surface area contributed by atoms with Crippen LogP contribution in [0.3, 0.4) is 0 Å². The fourth-order valence-corrected chi connectivity index (χ4v) is 2.88. The van der Waals surface area contributed by atoms with Crippen molar-refractivity contribution in [1.82, 2.24) is 4.90 Å². The highest BCUT2D eigenvalue weighted by molar-refractivity contribution is 9.08. The van der Waals surface area contributed by atoms with Crippen LogP contribution >= 0.6 is 15.9 Å². The molecule has 0 radical (unpaired) electrons. The Hall–Kier alpha value is -1.68. The van der Waals surface area contributed by atoms with Crippen molar-refractivity contribution in [2.24, 2.45) is 0 Å². The molecule has 3 rings (SSSR count). The summed E-state index contributed by atoms with van der Waals surface area (Å²) in [5, 5.41) is 2.45. The SMILES string of the molecule is CN1C(=O)c2cccc3c(CBr)ccc(c23)C1=O. The van der Waals surface area contributed by atoms with Crippen LogP contribution in [0.4, 0.5) is 0 Å². The Morgan fingerprint density at radius 2 is 1.72 bits per heavy atom. The first-order chi connectivity index (χ1) is 8.65. The second-order valence-electron chi connectivity index (χ2n) is 4.30. The summed E-state index contributed by atoms with van der Waals surface area (Å²) in [6.45, 7) is 0. The monoisotopic (exact) mass is 303 g/mol. The van der Waals surface area contributed by atoms with Crippen LogP contribution in [0.1, 0.15) is 26.3 Å². The van der Waals surface area contributed by atoms with Crippen LogP contribution in [0.2, 0.25) is 0 Å². The predicted octanol–water partition coefficient (Wildman–Crippen LogP) is 2.96. The van der Waals surface area contributed by atoms with Gasteiger partial charge in [0.25, 0.3) is 11.8 Å². The minimum Gasteiger partial charge on any atom is -0.277 e. The molecule has 0 atom stereocenters. The zero-order chi connectivity index (χ0) is 12.9. The van der Waals surface area contributed by atoms with Crippen molar-refractivity contribution in [3.05, 3.63) is 47.0 Å². The van der Waals surface area contributed by atoms with E-state index in [-0.39, 0.29) is 11.8 Å². The van der Waals surface area contributed by atoms with E-state index in [1.165, 1.54) is 11.9 Å². The first-order valence-electron chi connectivity index (χ1n) is 5.58. The molecule has 1 heterocycles. The molecule has 0 saturated carbocycles. The first-order valence-corrected chi connectivity index (χ1v) is 6.70. The predicted molar refractivity (Wildman–Crippen MR) is 73.0 cm³/mol. The number of hydrogen-bond donors (Lipinski definition) is 0. The first kappa shape index (κ1) is 11.4. The smallest absolute Gasteiger partial charge is 0.261 e. The number of carbonyl (C=O) groups excluding carboxylic acids is 2. The summed E-state index contributed by atoms with van der Waals surface area (Å²) in [7, 11) is 1.52. The van der Waals surface area contributed by atoms with Crippen molar-refractivity contribution >= 4 is 38.5 Å². The minimum absolute atomic E-state index is 0.232. The van der Waals surface area contributed by atoms with Gasteiger partial charge in [-0.1, -0.05) is 34.1 Å². The van der Waals surface area contributed by atoms with Crippen molar-refractivity contribution in [3.63, 3.8) is 0 Å². The van der Waals surface area contributed by atoms with Gasteiger partial charge in [-0.15, -0.1) is 0 Å². The van der Waals surface area contributed by atoms with Gasteiger partial charge in [-0.25, -0.2) is 0 Å². The lowest BCUT2D eigenvalue weighted by atomic mass is 9.92. The largest absolute Gasteiger partial charge is 0.277 e.